The highest BCUT2D eigenvalue weighted by atomic mass is 16.1. The molecule has 1 amide bonds. The molecule has 1 rings (SSSR count). The van der Waals surface area contributed by atoms with E-state index in [0.29, 0.717) is 6.54 Å². The number of nitrogens with one attached hydrogen (secondary N) is 1. The normalized spacial score (nSPS) is 10.6. The summed E-state index contributed by atoms with van der Waals surface area (Å²) in [6, 6.07) is 5.79. The summed E-state index contributed by atoms with van der Waals surface area (Å²) < 4.78 is 0. The number of benzene rings is 1. The Kier molecular flexibility index (Phi) is 5.01. The van der Waals surface area contributed by atoms with Gasteiger partial charge in [0.05, 0.1) is 0 Å². The van der Waals surface area contributed by atoms with Gasteiger partial charge in [0, 0.05) is 18.2 Å². The second kappa shape index (κ2) is 6.28. The van der Waals surface area contributed by atoms with E-state index in [2.05, 4.69) is 5.32 Å². The maximum absolute atomic E-state index is 11.8. The predicted molar refractivity (Wildman–Crippen MR) is 71.5 cm³/mol. The Morgan fingerprint density at radius 1 is 1.35 bits per heavy atom. The first-order valence-electron chi connectivity index (χ1n) is 6.21. The summed E-state index contributed by atoms with van der Waals surface area (Å²) in [5, 5.41) is 2.97. The minimum atomic E-state index is 0.122. The van der Waals surface area contributed by atoms with Crippen molar-refractivity contribution >= 4 is 11.6 Å². The first-order chi connectivity index (χ1) is 8.10. The maximum atomic E-state index is 11.8. The van der Waals surface area contributed by atoms with E-state index in [9.17, 15) is 4.79 Å². The number of carbonyl (C=O) groups is 1. The van der Waals surface area contributed by atoms with Crippen LogP contribution in [0.25, 0.3) is 0 Å². The minimum absolute atomic E-state index is 0.122. The highest BCUT2D eigenvalue weighted by Gasteiger charge is 2.13. The van der Waals surface area contributed by atoms with Crippen molar-refractivity contribution in [3.63, 3.8) is 0 Å². The second-order valence-corrected chi connectivity index (χ2v) is 4.36. The van der Waals surface area contributed by atoms with E-state index in [-0.39, 0.29) is 11.8 Å². The van der Waals surface area contributed by atoms with Crippen LogP contribution in [0, 0.1) is 12.8 Å². The second-order valence-electron chi connectivity index (χ2n) is 4.36. The molecule has 3 nitrogen and oxygen atoms in total. The summed E-state index contributed by atoms with van der Waals surface area (Å²) in [5.74, 6) is 0.258. The van der Waals surface area contributed by atoms with E-state index in [1.54, 1.807) is 0 Å². The van der Waals surface area contributed by atoms with Gasteiger partial charge in [-0.3, -0.25) is 4.79 Å². The number of hydrogen-bond acceptors (Lipinski definition) is 2. The molecule has 3 N–H and O–H groups in total. The van der Waals surface area contributed by atoms with Gasteiger partial charge in [-0.2, -0.15) is 0 Å². The third kappa shape index (κ3) is 3.48. The molecule has 94 valence electrons. The molecule has 0 saturated carbocycles. The Hall–Kier alpha value is -1.51. The van der Waals surface area contributed by atoms with E-state index in [0.717, 1.165) is 29.7 Å². The fraction of sp³-hybridized carbons (Fsp3) is 0.500. The molecule has 0 aliphatic heterocycles. The van der Waals surface area contributed by atoms with Crippen LogP contribution in [0.4, 0.5) is 5.69 Å². The summed E-state index contributed by atoms with van der Waals surface area (Å²) in [6.07, 6.45) is 1.77. The summed E-state index contributed by atoms with van der Waals surface area (Å²) in [5.41, 5.74) is 8.74. The SMILES string of the molecule is CCC(CC)C(=O)NCc1cccc(N)c1C. The first kappa shape index (κ1) is 13.6. The average Bonchev–Trinajstić information content (AvgIpc) is 2.32. The molecule has 0 bridgehead atoms. The molecular formula is C14H22N2O. The number of nitrogen functional groups attached to an aromatic ring is 1. The zero-order valence-corrected chi connectivity index (χ0v) is 10.9. The number of rotatable bonds is 5. The van der Waals surface area contributed by atoms with Crippen LogP contribution < -0.4 is 11.1 Å². The van der Waals surface area contributed by atoms with Crippen molar-refractivity contribution in [2.45, 2.75) is 40.2 Å². The van der Waals surface area contributed by atoms with E-state index in [1.165, 1.54) is 0 Å². The smallest absolute Gasteiger partial charge is 0.223 e. The Bertz CT molecular complexity index is 384. The van der Waals surface area contributed by atoms with Crippen LogP contribution in [0.2, 0.25) is 0 Å². The number of anilines is 1. The first-order valence-corrected chi connectivity index (χ1v) is 6.21. The quantitative estimate of drug-likeness (QED) is 0.769. The predicted octanol–water partition coefficient (Wildman–Crippen LogP) is 2.63. The molecule has 3 heteroatoms. The van der Waals surface area contributed by atoms with Crippen LogP contribution >= 0.6 is 0 Å². The van der Waals surface area contributed by atoms with Crippen LogP contribution in [0.5, 0.6) is 0 Å². The van der Waals surface area contributed by atoms with Gasteiger partial charge in [-0.1, -0.05) is 26.0 Å². The zero-order chi connectivity index (χ0) is 12.8. The van der Waals surface area contributed by atoms with E-state index < -0.39 is 0 Å². The standard InChI is InChI=1S/C14H22N2O/c1-4-11(5-2)14(17)16-9-12-7-6-8-13(15)10(12)3/h6-8,11H,4-5,9,15H2,1-3H3,(H,16,17). The van der Waals surface area contributed by atoms with Crippen molar-refractivity contribution in [3.05, 3.63) is 29.3 Å². The molecule has 1 aromatic rings. The largest absolute Gasteiger partial charge is 0.399 e. The summed E-state index contributed by atoms with van der Waals surface area (Å²) in [6.45, 7) is 6.62. The third-order valence-corrected chi connectivity index (χ3v) is 3.30. The fourth-order valence-electron chi connectivity index (χ4n) is 1.88. The molecule has 0 spiro atoms. The maximum Gasteiger partial charge on any atom is 0.223 e. The lowest BCUT2D eigenvalue weighted by Crippen LogP contribution is -2.29. The third-order valence-electron chi connectivity index (χ3n) is 3.30. The molecule has 17 heavy (non-hydrogen) atoms. The van der Waals surface area contributed by atoms with Gasteiger partial charge in [0.15, 0.2) is 0 Å². The molecule has 0 heterocycles. The zero-order valence-electron chi connectivity index (χ0n) is 10.9. The topological polar surface area (TPSA) is 55.1 Å². The van der Waals surface area contributed by atoms with Gasteiger partial charge in [0.1, 0.15) is 0 Å². The van der Waals surface area contributed by atoms with Crippen molar-refractivity contribution in [2.75, 3.05) is 5.73 Å². The molecule has 0 aliphatic carbocycles. The van der Waals surface area contributed by atoms with Crippen molar-refractivity contribution < 1.29 is 4.79 Å². The summed E-state index contributed by atoms with van der Waals surface area (Å²) in [7, 11) is 0. The fourth-order valence-corrected chi connectivity index (χ4v) is 1.88. The number of carbonyl (C=O) groups excluding carboxylic acids is 1. The van der Waals surface area contributed by atoms with Gasteiger partial charge < -0.3 is 11.1 Å². The van der Waals surface area contributed by atoms with Gasteiger partial charge >= 0.3 is 0 Å². The molecule has 0 fully saturated rings. The Labute approximate surface area is 103 Å². The van der Waals surface area contributed by atoms with Crippen LogP contribution in [-0.4, -0.2) is 5.91 Å². The van der Waals surface area contributed by atoms with Gasteiger partial charge in [0.2, 0.25) is 5.91 Å². The van der Waals surface area contributed by atoms with Crippen LogP contribution in [-0.2, 0) is 11.3 Å². The van der Waals surface area contributed by atoms with Gasteiger partial charge in [-0.15, -0.1) is 0 Å². The lowest BCUT2D eigenvalue weighted by molar-refractivity contribution is -0.125. The molecule has 0 aromatic heterocycles. The van der Waals surface area contributed by atoms with E-state index >= 15 is 0 Å². The number of amides is 1. The highest BCUT2D eigenvalue weighted by Crippen LogP contribution is 2.15. The minimum Gasteiger partial charge on any atom is -0.399 e. The highest BCUT2D eigenvalue weighted by molar-refractivity contribution is 5.78. The molecule has 1 aromatic carbocycles. The molecule has 0 saturated heterocycles. The summed E-state index contributed by atoms with van der Waals surface area (Å²) >= 11 is 0. The summed E-state index contributed by atoms with van der Waals surface area (Å²) in [4.78, 5) is 11.8. The molecule has 0 radical (unpaired) electrons. The number of nitrogens with two attached hydrogens (primary N) is 1. The van der Waals surface area contributed by atoms with E-state index in [4.69, 9.17) is 5.73 Å². The average molecular weight is 234 g/mol. The molecular weight excluding hydrogens is 212 g/mol. The Morgan fingerprint density at radius 2 is 2.00 bits per heavy atom. The van der Waals surface area contributed by atoms with Crippen molar-refractivity contribution in [3.8, 4) is 0 Å². The molecule has 0 aliphatic rings. The monoisotopic (exact) mass is 234 g/mol. The van der Waals surface area contributed by atoms with Crippen LogP contribution in [0.1, 0.15) is 37.8 Å². The van der Waals surface area contributed by atoms with E-state index in [1.807, 2.05) is 39.0 Å². The Balaban J connectivity index is 2.61. The van der Waals surface area contributed by atoms with Gasteiger partial charge in [-0.05, 0) is 37.0 Å². The van der Waals surface area contributed by atoms with Crippen LogP contribution in [0.3, 0.4) is 0 Å². The number of hydrogen-bond donors (Lipinski definition) is 2. The van der Waals surface area contributed by atoms with Gasteiger partial charge in [0.25, 0.3) is 0 Å². The lowest BCUT2D eigenvalue weighted by Gasteiger charge is -2.14. The lowest BCUT2D eigenvalue weighted by atomic mass is 10.0. The Morgan fingerprint density at radius 3 is 2.59 bits per heavy atom. The van der Waals surface area contributed by atoms with Crippen molar-refractivity contribution in [2.24, 2.45) is 5.92 Å². The van der Waals surface area contributed by atoms with Crippen molar-refractivity contribution in [1.82, 2.24) is 5.32 Å². The van der Waals surface area contributed by atoms with Crippen molar-refractivity contribution in [1.29, 1.82) is 0 Å². The van der Waals surface area contributed by atoms with Gasteiger partial charge in [-0.25, -0.2) is 0 Å². The molecule has 0 atom stereocenters. The van der Waals surface area contributed by atoms with Crippen LogP contribution in [0.15, 0.2) is 18.2 Å². The molecule has 0 unspecified atom stereocenters.